The number of hydrogen-bond acceptors (Lipinski definition) is 4. The van der Waals surface area contributed by atoms with E-state index in [1.165, 1.54) is 12.8 Å². The Balaban J connectivity index is 1.19. The molecule has 7 atom stereocenters. The number of nitrogens with zero attached hydrogens (tertiary/aromatic N) is 2. The molecular weight excluding hydrogens is 548 g/mol. The predicted octanol–water partition coefficient (Wildman–Crippen LogP) is 6.94. The van der Waals surface area contributed by atoms with Crippen LogP contribution in [0.2, 0.25) is 0 Å². The Labute approximate surface area is 263 Å². The second kappa shape index (κ2) is 13.8. The van der Waals surface area contributed by atoms with Crippen LogP contribution in [0.15, 0.2) is 60.7 Å². The van der Waals surface area contributed by atoms with Crippen molar-refractivity contribution in [1.29, 1.82) is 0 Å². The lowest BCUT2D eigenvalue weighted by Crippen LogP contribution is -2.44. The van der Waals surface area contributed by atoms with Crippen molar-refractivity contribution in [2.24, 2.45) is 40.9 Å². The summed E-state index contributed by atoms with van der Waals surface area (Å²) < 4.78 is 0. The number of amides is 2. The number of likely N-dealkylation sites (N-methyl/N-ethyl adjacent to an activating group) is 1. The van der Waals surface area contributed by atoms with Crippen molar-refractivity contribution >= 4 is 23.4 Å². The van der Waals surface area contributed by atoms with Gasteiger partial charge in [0.1, 0.15) is 0 Å². The molecule has 1 saturated heterocycles. The molecule has 1 heterocycles. The zero-order valence-electron chi connectivity index (χ0n) is 27.0. The number of hydrogen-bond donors (Lipinski definition) is 0. The Morgan fingerprint density at radius 1 is 0.886 bits per heavy atom. The maximum atomic E-state index is 13.8. The van der Waals surface area contributed by atoms with Crippen LogP contribution in [0.25, 0.3) is 0 Å². The van der Waals surface area contributed by atoms with Gasteiger partial charge in [0.15, 0.2) is 11.6 Å². The Morgan fingerprint density at radius 2 is 1.50 bits per heavy atom. The molecule has 6 nitrogen and oxygen atoms in total. The molecule has 0 radical (unpaired) electrons. The lowest BCUT2D eigenvalue weighted by atomic mass is 9.60. The SMILES string of the molecule is CC1CCC(C2CCCC(C3(C)CCN(CC(=O)c4ccccc4)C3=O)C2)CC1C(C)C(=O)N(C)CC(=O)c1ccccc1. The van der Waals surface area contributed by atoms with Crippen LogP contribution < -0.4 is 0 Å². The molecule has 2 aromatic rings. The van der Waals surface area contributed by atoms with Gasteiger partial charge in [-0.15, -0.1) is 0 Å². The van der Waals surface area contributed by atoms with Crippen molar-refractivity contribution in [2.45, 2.75) is 72.1 Å². The third-order valence-corrected chi connectivity index (χ3v) is 11.6. The normalized spacial score (nSPS) is 29.7. The summed E-state index contributed by atoms with van der Waals surface area (Å²) in [6, 6.07) is 18.5. The fourth-order valence-electron chi connectivity index (χ4n) is 8.64. The Morgan fingerprint density at radius 3 is 2.16 bits per heavy atom. The molecule has 3 aliphatic rings. The minimum atomic E-state index is -0.408. The van der Waals surface area contributed by atoms with Crippen LogP contribution in [0.5, 0.6) is 0 Å². The molecule has 5 rings (SSSR count). The second-order valence-corrected chi connectivity index (χ2v) is 14.3. The molecule has 6 heteroatoms. The summed E-state index contributed by atoms with van der Waals surface area (Å²) in [6.45, 7) is 7.40. The Bertz CT molecular complexity index is 1330. The fourth-order valence-corrected chi connectivity index (χ4v) is 8.64. The maximum Gasteiger partial charge on any atom is 0.229 e. The van der Waals surface area contributed by atoms with Gasteiger partial charge < -0.3 is 9.80 Å². The van der Waals surface area contributed by atoms with E-state index >= 15 is 0 Å². The van der Waals surface area contributed by atoms with Crippen molar-refractivity contribution in [1.82, 2.24) is 9.80 Å². The van der Waals surface area contributed by atoms with E-state index in [0.717, 1.165) is 38.5 Å². The van der Waals surface area contributed by atoms with Crippen LogP contribution in [0.1, 0.15) is 92.9 Å². The van der Waals surface area contributed by atoms with Crippen LogP contribution in [0, 0.1) is 40.9 Å². The molecule has 0 bridgehead atoms. The first-order chi connectivity index (χ1) is 21.1. The van der Waals surface area contributed by atoms with Gasteiger partial charge in [-0.1, -0.05) is 101 Å². The highest BCUT2D eigenvalue weighted by Gasteiger charge is 2.50. The number of carbonyl (C=O) groups excluding carboxylic acids is 4. The Kier molecular flexibility index (Phi) is 10.1. The fraction of sp³-hybridized carbons (Fsp3) is 0.579. The predicted molar refractivity (Wildman–Crippen MR) is 173 cm³/mol. The summed E-state index contributed by atoms with van der Waals surface area (Å²) in [7, 11) is 1.76. The van der Waals surface area contributed by atoms with Gasteiger partial charge >= 0.3 is 0 Å². The lowest BCUT2D eigenvalue weighted by molar-refractivity contribution is -0.139. The summed E-state index contributed by atoms with van der Waals surface area (Å²) >= 11 is 0. The number of likely N-dealkylation sites (tertiary alicyclic amines) is 1. The molecule has 236 valence electrons. The van der Waals surface area contributed by atoms with E-state index < -0.39 is 5.41 Å². The maximum absolute atomic E-state index is 13.8. The summed E-state index contributed by atoms with van der Waals surface area (Å²) in [4.78, 5) is 56.4. The van der Waals surface area contributed by atoms with Crippen molar-refractivity contribution in [3.8, 4) is 0 Å². The van der Waals surface area contributed by atoms with Crippen molar-refractivity contribution in [3.63, 3.8) is 0 Å². The number of carbonyl (C=O) groups is 4. The minimum Gasteiger partial charge on any atom is -0.338 e. The molecule has 2 amide bonds. The van der Waals surface area contributed by atoms with Gasteiger partial charge in [0.2, 0.25) is 11.8 Å². The molecule has 7 unspecified atom stereocenters. The van der Waals surface area contributed by atoms with Gasteiger partial charge in [-0.2, -0.15) is 0 Å². The molecule has 44 heavy (non-hydrogen) atoms. The van der Waals surface area contributed by atoms with Crippen LogP contribution in [0.4, 0.5) is 0 Å². The summed E-state index contributed by atoms with van der Waals surface area (Å²) in [5.41, 5.74) is 0.890. The van der Waals surface area contributed by atoms with Gasteiger partial charge in [0.05, 0.1) is 18.5 Å². The van der Waals surface area contributed by atoms with Gasteiger partial charge in [0, 0.05) is 30.6 Å². The van der Waals surface area contributed by atoms with Gasteiger partial charge in [-0.3, -0.25) is 19.2 Å². The average Bonchev–Trinajstić information content (AvgIpc) is 3.34. The summed E-state index contributed by atoms with van der Waals surface area (Å²) in [5, 5.41) is 0. The Hall–Kier alpha value is -3.28. The van der Waals surface area contributed by atoms with Crippen molar-refractivity contribution < 1.29 is 19.2 Å². The number of Topliss-reactive ketones (excluding diaryl/α,β-unsaturated/α-hetero) is 2. The minimum absolute atomic E-state index is 0.00540. The molecule has 0 aromatic heterocycles. The standard InChI is InChI=1S/C38H50N2O4/c1-26-18-19-31(23-33(26)27(2)36(43)39(4)24-34(41)28-12-7-5-8-13-28)30-16-11-17-32(22-30)38(3)20-21-40(37(38)44)25-35(42)29-14-9-6-10-15-29/h5-10,12-15,26-27,30-33H,11,16-25H2,1-4H3. The second-order valence-electron chi connectivity index (χ2n) is 14.3. The lowest BCUT2D eigenvalue weighted by Gasteiger charge is -2.45. The summed E-state index contributed by atoms with van der Waals surface area (Å²) in [6.07, 6.45) is 8.60. The third kappa shape index (κ3) is 6.84. The first kappa shape index (κ1) is 32.1. The van der Waals surface area contributed by atoms with E-state index in [4.69, 9.17) is 0 Å². The van der Waals surface area contributed by atoms with E-state index in [0.29, 0.717) is 47.3 Å². The van der Waals surface area contributed by atoms with E-state index in [1.54, 1.807) is 29.0 Å². The van der Waals surface area contributed by atoms with Gasteiger partial charge in [-0.25, -0.2) is 0 Å². The quantitative estimate of drug-likeness (QED) is 0.278. The highest BCUT2D eigenvalue weighted by atomic mass is 16.2. The highest BCUT2D eigenvalue weighted by molar-refractivity contribution is 6.00. The van der Waals surface area contributed by atoms with Crippen LogP contribution in [-0.4, -0.2) is 59.9 Å². The average molecular weight is 599 g/mol. The molecule has 2 aromatic carbocycles. The van der Waals surface area contributed by atoms with Crippen LogP contribution in [-0.2, 0) is 9.59 Å². The van der Waals surface area contributed by atoms with Gasteiger partial charge in [0.25, 0.3) is 0 Å². The number of ketones is 2. The van der Waals surface area contributed by atoms with Crippen molar-refractivity contribution in [3.05, 3.63) is 71.8 Å². The molecule has 0 N–H and O–H groups in total. The van der Waals surface area contributed by atoms with Gasteiger partial charge in [-0.05, 0) is 61.7 Å². The molecule has 2 saturated carbocycles. The van der Waals surface area contributed by atoms with Crippen molar-refractivity contribution in [2.75, 3.05) is 26.7 Å². The first-order valence-electron chi connectivity index (χ1n) is 16.8. The monoisotopic (exact) mass is 598 g/mol. The van der Waals surface area contributed by atoms with E-state index in [1.807, 2.05) is 48.5 Å². The molecule has 3 fully saturated rings. The highest BCUT2D eigenvalue weighted by Crippen LogP contribution is 2.51. The largest absolute Gasteiger partial charge is 0.338 e. The molecular formula is C38H50N2O4. The molecule has 1 aliphatic heterocycles. The number of rotatable bonds is 10. The first-order valence-corrected chi connectivity index (χ1v) is 16.8. The number of benzene rings is 2. The zero-order valence-corrected chi connectivity index (χ0v) is 27.0. The smallest absolute Gasteiger partial charge is 0.229 e. The summed E-state index contributed by atoms with van der Waals surface area (Å²) in [5.74, 6) is 2.25. The van der Waals surface area contributed by atoms with Crippen LogP contribution in [0.3, 0.4) is 0 Å². The third-order valence-electron chi connectivity index (χ3n) is 11.6. The van der Waals surface area contributed by atoms with E-state index in [2.05, 4.69) is 20.8 Å². The van der Waals surface area contributed by atoms with Crippen LogP contribution >= 0.6 is 0 Å². The molecule has 0 spiro atoms. The zero-order chi connectivity index (χ0) is 31.4. The van der Waals surface area contributed by atoms with E-state index in [-0.39, 0.29) is 42.4 Å². The molecule has 2 aliphatic carbocycles. The van der Waals surface area contributed by atoms with E-state index in [9.17, 15) is 19.2 Å². The topological polar surface area (TPSA) is 74.8 Å².